The molecule has 0 unspecified atom stereocenters. The zero-order chi connectivity index (χ0) is 13.3. The molecule has 1 saturated carbocycles. The van der Waals surface area contributed by atoms with Gasteiger partial charge in [0.1, 0.15) is 16.4 Å². The molecule has 0 amide bonds. The van der Waals surface area contributed by atoms with E-state index in [1.165, 1.54) is 0 Å². The van der Waals surface area contributed by atoms with Crippen molar-refractivity contribution in [3.63, 3.8) is 0 Å². The second-order valence-corrected chi connectivity index (χ2v) is 6.54. The van der Waals surface area contributed by atoms with E-state index >= 15 is 0 Å². The van der Waals surface area contributed by atoms with Crippen molar-refractivity contribution in [1.29, 1.82) is 0 Å². The molecule has 0 aromatic carbocycles. The zero-order valence-corrected chi connectivity index (χ0v) is 11.7. The van der Waals surface area contributed by atoms with Crippen molar-refractivity contribution in [1.82, 2.24) is 4.31 Å². The maximum absolute atomic E-state index is 12.6. The largest absolute Gasteiger partial charge is 0.464 e. The van der Waals surface area contributed by atoms with Gasteiger partial charge in [-0.2, -0.15) is 4.31 Å². The Hall–Kier alpha value is -0.850. The van der Waals surface area contributed by atoms with Crippen molar-refractivity contribution in [3.05, 3.63) is 17.6 Å². The smallest absolute Gasteiger partial charge is 0.246 e. The van der Waals surface area contributed by atoms with Gasteiger partial charge in [0.05, 0.1) is 6.54 Å². The number of hydrogen-bond acceptors (Lipinski definition) is 4. The molecule has 18 heavy (non-hydrogen) atoms. The zero-order valence-electron chi connectivity index (χ0n) is 10.8. The minimum absolute atomic E-state index is 0.172. The maximum Gasteiger partial charge on any atom is 0.246 e. The van der Waals surface area contributed by atoms with Crippen LogP contribution in [0.1, 0.15) is 37.7 Å². The second-order valence-electron chi connectivity index (χ2n) is 4.68. The highest BCUT2D eigenvalue weighted by Gasteiger charge is 2.38. The summed E-state index contributed by atoms with van der Waals surface area (Å²) in [6.07, 6.45) is 2.73. The van der Waals surface area contributed by atoms with Gasteiger partial charge in [-0.15, -0.1) is 0 Å². The topological polar surface area (TPSA) is 76.5 Å². The molecule has 0 spiro atoms. The van der Waals surface area contributed by atoms with Crippen LogP contribution < -0.4 is 5.73 Å². The molecule has 0 aliphatic heterocycles. The molecule has 1 heterocycles. The Bertz CT molecular complexity index is 517. The fraction of sp³-hybridized carbons (Fsp3) is 0.667. The molecule has 0 saturated heterocycles. The van der Waals surface area contributed by atoms with Crippen LogP contribution in [0.5, 0.6) is 0 Å². The molecule has 0 radical (unpaired) electrons. The lowest BCUT2D eigenvalue weighted by atomic mass is 10.4. The van der Waals surface area contributed by atoms with Crippen LogP contribution in [0.2, 0.25) is 0 Å². The van der Waals surface area contributed by atoms with Crippen molar-refractivity contribution in [2.75, 3.05) is 6.54 Å². The van der Waals surface area contributed by atoms with Crippen molar-refractivity contribution in [2.45, 2.75) is 50.6 Å². The van der Waals surface area contributed by atoms with Crippen LogP contribution in [0.4, 0.5) is 0 Å². The van der Waals surface area contributed by atoms with E-state index in [0.717, 1.165) is 19.3 Å². The summed E-state index contributed by atoms with van der Waals surface area (Å²) in [7, 11) is -3.44. The Kier molecular flexibility index (Phi) is 3.79. The predicted octanol–water partition coefficient (Wildman–Crippen LogP) is 1.61. The number of nitrogens with two attached hydrogens (primary N) is 1. The van der Waals surface area contributed by atoms with Crippen molar-refractivity contribution >= 4 is 10.0 Å². The van der Waals surface area contributed by atoms with Crippen LogP contribution >= 0.6 is 0 Å². The molecule has 1 aliphatic rings. The third-order valence-electron chi connectivity index (χ3n) is 3.11. The van der Waals surface area contributed by atoms with Gasteiger partial charge in [-0.1, -0.05) is 6.92 Å². The number of nitrogens with zero attached hydrogens (tertiary/aromatic N) is 1. The summed E-state index contributed by atoms with van der Waals surface area (Å²) < 4.78 is 32.1. The Balaban J connectivity index is 2.35. The lowest BCUT2D eigenvalue weighted by Gasteiger charge is -2.20. The average Bonchev–Trinajstić information content (AvgIpc) is 3.08. The van der Waals surface area contributed by atoms with Gasteiger partial charge in [-0.25, -0.2) is 8.42 Å². The minimum Gasteiger partial charge on any atom is -0.464 e. The van der Waals surface area contributed by atoms with Gasteiger partial charge < -0.3 is 10.2 Å². The van der Waals surface area contributed by atoms with Crippen LogP contribution in [0.25, 0.3) is 0 Å². The third-order valence-corrected chi connectivity index (χ3v) is 5.17. The van der Waals surface area contributed by atoms with Gasteiger partial charge in [0, 0.05) is 18.7 Å². The predicted molar refractivity (Wildman–Crippen MR) is 68.5 cm³/mol. The lowest BCUT2D eigenvalue weighted by molar-refractivity contribution is 0.401. The number of hydrogen-bond donors (Lipinski definition) is 1. The highest BCUT2D eigenvalue weighted by Crippen LogP contribution is 2.33. The summed E-state index contributed by atoms with van der Waals surface area (Å²) in [6, 6.07) is 1.72. The SMILES string of the molecule is CCCN(C1CC1)S(=O)(=O)c1cc(CN)oc1C. The Morgan fingerprint density at radius 3 is 2.61 bits per heavy atom. The highest BCUT2D eigenvalue weighted by molar-refractivity contribution is 7.89. The molecule has 6 heteroatoms. The van der Waals surface area contributed by atoms with Gasteiger partial charge in [-0.3, -0.25) is 0 Å². The number of sulfonamides is 1. The first-order valence-corrected chi connectivity index (χ1v) is 7.76. The van der Waals surface area contributed by atoms with E-state index in [1.54, 1.807) is 17.3 Å². The van der Waals surface area contributed by atoms with E-state index in [9.17, 15) is 8.42 Å². The van der Waals surface area contributed by atoms with E-state index < -0.39 is 10.0 Å². The van der Waals surface area contributed by atoms with E-state index in [2.05, 4.69) is 0 Å². The van der Waals surface area contributed by atoms with E-state index in [4.69, 9.17) is 10.2 Å². The average molecular weight is 272 g/mol. The second kappa shape index (κ2) is 5.03. The van der Waals surface area contributed by atoms with Crippen molar-refractivity contribution in [2.24, 2.45) is 5.73 Å². The first kappa shape index (κ1) is 13.6. The minimum atomic E-state index is -3.44. The summed E-state index contributed by atoms with van der Waals surface area (Å²) >= 11 is 0. The molecule has 1 aromatic heterocycles. The Morgan fingerprint density at radius 2 is 2.17 bits per heavy atom. The Morgan fingerprint density at radius 1 is 1.50 bits per heavy atom. The summed E-state index contributed by atoms with van der Waals surface area (Å²) in [5.41, 5.74) is 5.48. The molecule has 2 N–H and O–H groups in total. The van der Waals surface area contributed by atoms with Gasteiger partial charge in [-0.05, 0) is 26.2 Å². The standard InChI is InChI=1S/C12H20N2O3S/c1-3-6-14(10-4-5-10)18(15,16)12-7-11(8-13)17-9(12)2/h7,10H,3-6,8,13H2,1-2H3. The molecule has 1 aliphatic carbocycles. The molecule has 102 valence electrons. The molecule has 1 aromatic rings. The van der Waals surface area contributed by atoms with Gasteiger partial charge in [0.15, 0.2) is 0 Å². The normalized spacial score (nSPS) is 16.4. The fourth-order valence-corrected chi connectivity index (χ4v) is 4.05. The van der Waals surface area contributed by atoms with Crippen molar-refractivity contribution < 1.29 is 12.8 Å². The summed E-state index contributed by atoms with van der Waals surface area (Å²) in [5, 5.41) is 0. The third kappa shape index (κ3) is 2.46. The highest BCUT2D eigenvalue weighted by atomic mass is 32.2. The van der Waals surface area contributed by atoms with Crippen LogP contribution in [0, 0.1) is 6.92 Å². The van der Waals surface area contributed by atoms with Crippen LogP contribution in [-0.2, 0) is 16.6 Å². The van der Waals surface area contributed by atoms with Gasteiger partial charge in [0.25, 0.3) is 0 Å². The number of aryl methyl sites for hydroxylation is 1. The first-order valence-electron chi connectivity index (χ1n) is 6.32. The van der Waals surface area contributed by atoms with Gasteiger partial charge >= 0.3 is 0 Å². The lowest BCUT2D eigenvalue weighted by Crippen LogP contribution is -2.33. The number of rotatable bonds is 6. The molecule has 0 atom stereocenters. The summed E-state index contributed by atoms with van der Waals surface area (Å²) in [4.78, 5) is 0.267. The quantitative estimate of drug-likeness (QED) is 0.853. The molecule has 2 rings (SSSR count). The van der Waals surface area contributed by atoms with Crippen LogP contribution in [0.15, 0.2) is 15.4 Å². The van der Waals surface area contributed by atoms with Crippen LogP contribution in [0.3, 0.4) is 0 Å². The Labute approximate surface area is 108 Å². The molecule has 1 fully saturated rings. The van der Waals surface area contributed by atoms with Gasteiger partial charge in [0.2, 0.25) is 10.0 Å². The molecule has 0 bridgehead atoms. The van der Waals surface area contributed by atoms with E-state index in [0.29, 0.717) is 18.1 Å². The van der Waals surface area contributed by atoms with E-state index in [1.807, 2.05) is 6.92 Å². The monoisotopic (exact) mass is 272 g/mol. The molecule has 5 nitrogen and oxygen atoms in total. The number of furan rings is 1. The first-order chi connectivity index (χ1) is 8.50. The molecular weight excluding hydrogens is 252 g/mol. The maximum atomic E-state index is 12.6. The fourth-order valence-electron chi connectivity index (χ4n) is 2.09. The summed E-state index contributed by atoms with van der Waals surface area (Å²) in [6.45, 7) is 4.44. The molecular formula is C12H20N2O3S. The summed E-state index contributed by atoms with van der Waals surface area (Å²) in [5.74, 6) is 0.940. The van der Waals surface area contributed by atoms with Crippen molar-refractivity contribution in [3.8, 4) is 0 Å². The van der Waals surface area contributed by atoms with E-state index in [-0.39, 0.29) is 17.5 Å². The van der Waals surface area contributed by atoms with Crippen LogP contribution in [-0.4, -0.2) is 25.3 Å².